The third kappa shape index (κ3) is 12.8. The molecule has 1 aromatic carbocycles. The van der Waals surface area contributed by atoms with Gasteiger partial charge in [0.05, 0.1) is 33.5 Å². The van der Waals surface area contributed by atoms with E-state index < -0.39 is 30.0 Å². The molecule has 0 amide bonds. The quantitative estimate of drug-likeness (QED) is 0.136. The van der Waals surface area contributed by atoms with Gasteiger partial charge in [-0.3, -0.25) is 4.79 Å². The summed E-state index contributed by atoms with van der Waals surface area (Å²) in [6.45, 7) is 5.67. The largest absolute Gasteiger partial charge is 0.513 e. The summed E-state index contributed by atoms with van der Waals surface area (Å²) in [7, 11) is 1.21. The molecule has 0 radical (unpaired) electrons. The molecule has 0 unspecified atom stereocenters. The van der Waals surface area contributed by atoms with Crippen LogP contribution in [0.15, 0.2) is 18.2 Å². The van der Waals surface area contributed by atoms with Gasteiger partial charge >= 0.3 is 24.4 Å². The Kier molecular flexibility index (Phi) is 17.3. The lowest BCUT2D eigenvalue weighted by molar-refractivity contribution is -0.147. The maximum absolute atomic E-state index is 12.5. The molecule has 12 nitrogen and oxygen atoms in total. The average Bonchev–Trinajstić information content (AvgIpc) is 2.86. The van der Waals surface area contributed by atoms with Gasteiger partial charge in [-0.2, -0.15) is 0 Å². The van der Waals surface area contributed by atoms with Crippen LogP contribution >= 0.6 is 12.4 Å². The summed E-state index contributed by atoms with van der Waals surface area (Å²) in [6.07, 6.45) is 0.256. The summed E-state index contributed by atoms with van der Waals surface area (Å²) in [6, 6.07) is 4.30. The van der Waals surface area contributed by atoms with Gasteiger partial charge in [0.2, 0.25) is 0 Å². The summed E-state index contributed by atoms with van der Waals surface area (Å²) in [5, 5.41) is 0. The van der Waals surface area contributed by atoms with Gasteiger partial charge in [0.25, 0.3) is 0 Å². The number of halogens is 1. The van der Waals surface area contributed by atoms with Crippen molar-refractivity contribution in [2.24, 2.45) is 5.73 Å². The van der Waals surface area contributed by atoms with Gasteiger partial charge in [-0.25, -0.2) is 14.4 Å². The molecule has 13 heteroatoms. The fourth-order valence-electron chi connectivity index (χ4n) is 3.22. The molecule has 0 heterocycles. The highest BCUT2D eigenvalue weighted by atomic mass is 35.5. The number of benzene rings is 1. The third-order valence-electron chi connectivity index (χ3n) is 4.99. The zero-order chi connectivity index (χ0) is 27.7. The lowest BCUT2D eigenvalue weighted by atomic mass is 9.87. The molecular weight excluding hydrogens is 526 g/mol. The highest BCUT2D eigenvalue weighted by molar-refractivity contribution is 5.85. The van der Waals surface area contributed by atoms with E-state index in [-0.39, 0.29) is 69.6 Å². The van der Waals surface area contributed by atoms with Crippen LogP contribution in [0, 0.1) is 0 Å². The van der Waals surface area contributed by atoms with Gasteiger partial charge in [0, 0.05) is 6.42 Å². The Morgan fingerprint density at radius 3 is 1.92 bits per heavy atom. The fourth-order valence-corrected chi connectivity index (χ4v) is 3.22. The van der Waals surface area contributed by atoms with Crippen LogP contribution in [-0.4, -0.2) is 63.5 Å². The summed E-state index contributed by atoms with van der Waals surface area (Å²) in [5.41, 5.74) is 5.37. The first-order valence-electron chi connectivity index (χ1n) is 12.2. The number of ether oxygens (including phenoxy) is 7. The van der Waals surface area contributed by atoms with Gasteiger partial charge in [-0.05, 0) is 50.8 Å². The number of rotatable bonds is 15. The van der Waals surface area contributed by atoms with Gasteiger partial charge in [0.1, 0.15) is 5.54 Å². The zero-order valence-corrected chi connectivity index (χ0v) is 23.1. The molecule has 2 N–H and O–H groups in total. The van der Waals surface area contributed by atoms with E-state index in [2.05, 4.69) is 0 Å². The second kappa shape index (κ2) is 18.9. The standard InChI is InChI=1S/C25H37NO11.ClH/c1-5-8-9-14-34-22(28)35-15-10-13-25(26,21(27)31-4)17-18-11-12-19(36-23(29)32-6-2)20(16-18)37-24(30)33-7-3;/h11-12,16H,5-10,13-15,17,26H2,1-4H3;1H/t25-;/m0./s1. The van der Waals surface area contributed by atoms with E-state index in [9.17, 15) is 19.2 Å². The van der Waals surface area contributed by atoms with E-state index in [0.717, 1.165) is 19.3 Å². The van der Waals surface area contributed by atoms with Crippen molar-refractivity contribution < 1.29 is 52.3 Å². The molecule has 0 saturated carbocycles. The number of hydrogen-bond acceptors (Lipinski definition) is 12. The highest BCUT2D eigenvalue weighted by Crippen LogP contribution is 2.31. The van der Waals surface area contributed by atoms with E-state index in [0.29, 0.717) is 5.56 Å². The van der Waals surface area contributed by atoms with Crippen molar-refractivity contribution in [2.75, 3.05) is 33.5 Å². The monoisotopic (exact) mass is 563 g/mol. The SMILES string of the molecule is CCCCCOC(=O)OCCC[C@](N)(Cc1ccc(OC(=O)OCC)c(OC(=O)OCC)c1)C(=O)OC.Cl. The molecule has 0 aliphatic rings. The Balaban J connectivity index is 0.0000137. The Bertz CT molecular complexity index is 896. The van der Waals surface area contributed by atoms with Crippen LogP contribution in [0.25, 0.3) is 0 Å². The predicted molar refractivity (Wildman–Crippen MR) is 138 cm³/mol. The first-order valence-corrected chi connectivity index (χ1v) is 12.2. The predicted octanol–water partition coefficient (Wildman–Crippen LogP) is 4.72. The van der Waals surface area contributed by atoms with Gasteiger partial charge in [0.15, 0.2) is 11.5 Å². The van der Waals surface area contributed by atoms with Crippen molar-refractivity contribution in [3.63, 3.8) is 0 Å². The minimum Gasteiger partial charge on any atom is -0.468 e. The summed E-state index contributed by atoms with van der Waals surface area (Å²) in [4.78, 5) is 47.8. The molecule has 0 fully saturated rings. The third-order valence-corrected chi connectivity index (χ3v) is 4.99. The molecule has 1 aromatic rings. The van der Waals surface area contributed by atoms with E-state index >= 15 is 0 Å². The fraction of sp³-hybridized carbons (Fsp3) is 0.600. The number of nitrogens with two attached hydrogens (primary N) is 1. The average molecular weight is 564 g/mol. The van der Waals surface area contributed by atoms with Gasteiger partial charge < -0.3 is 38.9 Å². The highest BCUT2D eigenvalue weighted by Gasteiger charge is 2.35. The molecule has 216 valence electrons. The van der Waals surface area contributed by atoms with Crippen LogP contribution in [-0.2, 0) is 34.9 Å². The van der Waals surface area contributed by atoms with Gasteiger partial charge in [-0.15, -0.1) is 12.4 Å². The molecule has 38 heavy (non-hydrogen) atoms. The van der Waals surface area contributed by atoms with E-state index in [1.165, 1.54) is 19.2 Å². The second-order valence-corrected chi connectivity index (χ2v) is 7.93. The van der Waals surface area contributed by atoms with Gasteiger partial charge in [-0.1, -0.05) is 25.8 Å². The van der Waals surface area contributed by atoms with Crippen LogP contribution in [0.3, 0.4) is 0 Å². The van der Waals surface area contributed by atoms with Crippen LogP contribution in [0.4, 0.5) is 14.4 Å². The number of carbonyl (C=O) groups excluding carboxylic acids is 4. The number of hydrogen-bond donors (Lipinski definition) is 1. The number of esters is 1. The molecule has 1 atom stereocenters. The lowest BCUT2D eigenvalue weighted by Crippen LogP contribution is -2.50. The van der Waals surface area contributed by atoms with Crippen molar-refractivity contribution in [2.45, 2.75) is 64.8 Å². The molecule has 0 bridgehead atoms. The smallest absolute Gasteiger partial charge is 0.468 e. The molecule has 0 aliphatic heterocycles. The van der Waals surface area contributed by atoms with Crippen molar-refractivity contribution in [1.29, 1.82) is 0 Å². The summed E-state index contributed by atoms with van der Waals surface area (Å²) >= 11 is 0. The Morgan fingerprint density at radius 1 is 0.789 bits per heavy atom. The maximum atomic E-state index is 12.5. The first-order chi connectivity index (χ1) is 17.7. The van der Waals surface area contributed by atoms with Crippen LogP contribution in [0.1, 0.15) is 58.4 Å². The summed E-state index contributed by atoms with van der Waals surface area (Å²) < 4.78 is 34.7. The maximum Gasteiger partial charge on any atom is 0.513 e. The van der Waals surface area contributed by atoms with E-state index in [1.54, 1.807) is 19.9 Å². The number of unbranched alkanes of at least 4 members (excludes halogenated alkanes) is 2. The lowest BCUT2D eigenvalue weighted by Gasteiger charge is -2.27. The van der Waals surface area contributed by atoms with Crippen LogP contribution in [0.2, 0.25) is 0 Å². The van der Waals surface area contributed by atoms with Crippen molar-refractivity contribution >= 4 is 36.8 Å². The van der Waals surface area contributed by atoms with Crippen molar-refractivity contribution in [1.82, 2.24) is 0 Å². The molecule has 0 aliphatic carbocycles. The van der Waals surface area contributed by atoms with E-state index in [4.69, 9.17) is 38.9 Å². The van der Waals surface area contributed by atoms with Crippen molar-refractivity contribution in [3.8, 4) is 11.5 Å². The van der Waals surface area contributed by atoms with Crippen LogP contribution in [0.5, 0.6) is 11.5 Å². The number of methoxy groups -OCH3 is 1. The van der Waals surface area contributed by atoms with Crippen molar-refractivity contribution in [3.05, 3.63) is 23.8 Å². The number of carbonyl (C=O) groups is 4. The van der Waals surface area contributed by atoms with E-state index in [1.807, 2.05) is 6.92 Å². The Hall–Kier alpha value is -3.25. The minimum atomic E-state index is -1.49. The summed E-state index contributed by atoms with van der Waals surface area (Å²) in [5.74, 6) is -0.915. The Labute approximate surface area is 228 Å². The van der Waals surface area contributed by atoms with Crippen LogP contribution < -0.4 is 15.2 Å². The first kappa shape index (κ1) is 34.8. The molecule has 0 aromatic heterocycles. The Morgan fingerprint density at radius 2 is 1.37 bits per heavy atom. The molecule has 0 saturated heterocycles. The zero-order valence-electron chi connectivity index (χ0n) is 22.3. The topological polar surface area (TPSA) is 159 Å². The minimum absolute atomic E-state index is 0. The molecule has 1 rings (SSSR count). The normalized spacial score (nSPS) is 11.7. The molecular formula is C25H38ClNO11. The second-order valence-electron chi connectivity index (χ2n) is 7.93. The molecule has 0 spiro atoms.